The maximum Gasteiger partial charge on any atom is 0.263 e. The van der Waals surface area contributed by atoms with Crippen molar-refractivity contribution in [1.82, 2.24) is 10.3 Å². The Morgan fingerprint density at radius 3 is 2.87 bits per heavy atom. The summed E-state index contributed by atoms with van der Waals surface area (Å²) in [6.07, 6.45) is 1.49. The van der Waals surface area contributed by atoms with Crippen molar-refractivity contribution < 1.29 is 18.7 Å². The molecule has 5 rings (SSSR count). The first-order valence-corrected chi connectivity index (χ1v) is 10.0. The minimum atomic E-state index is -0.361. The summed E-state index contributed by atoms with van der Waals surface area (Å²) in [6.45, 7) is 0.454. The SMILES string of the molecule is N#Cc1c(N)nc2sc(C(=O)NCc3ccc4c(c3)OCO4)c(N)c2c1-c1ccco1. The predicted octanol–water partition coefficient (Wildman–Crippen LogP) is 3.25. The van der Waals surface area contributed by atoms with Crippen LogP contribution in [-0.4, -0.2) is 17.7 Å². The van der Waals surface area contributed by atoms with Crippen LogP contribution in [0, 0.1) is 11.3 Å². The van der Waals surface area contributed by atoms with E-state index in [9.17, 15) is 10.1 Å². The molecule has 0 saturated heterocycles. The molecule has 10 heteroatoms. The number of nitriles is 1. The van der Waals surface area contributed by atoms with Gasteiger partial charge in [0, 0.05) is 11.9 Å². The zero-order valence-electron chi connectivity index (χ0n) is 16.0. The number of hydrogen-bond acceptors (Lipinski definition) is 9. The number of nitrogen functional groups attached to an aromatic ring is 2. The third-order valence-corrected chi connectivity index (χ3v) is 5.98. The highest BCUT2D eigenvalue weighted by Crippen LogP contribution is 2.42. The molecule has 154 valence electrons. The van der Waals surface area contributed by atoms with Crippen LogP contribution < -0.4 is 26.3 Å². The molecule has 9 nitrogen and oxygen atoms in total. The Morgan fingerprint density at radius 1 is 1.26 bits per heavy atom. The van der Waals surface area contributed by atoms with Crippen LogP contribution in [0.5, 0.6) is 11.5 Å². The highest BCUT2D eigenvalue weighted by Gasteiger charge is 2.25. The molecule has 4 aromatic rings. The number of anilines is 2. The molecular formula is C21H15N5O4S. The van der Waals surface area contributed by atoms with Gasteiger partial charge in [0.1, 0.15) is 32.9 Å². The van der Waals surface area contributed by atoms with Gasteiger partial charge in [0.2, 0.25) is 6.79 Å². The summed E-state index contributed by atoms with van der Waals surface area (Å²) in [6, 6.07) is 10.9. The van der Waals surface area contributed by atoms with Crippen molar-refractivity contribution in [2.24, 2.45) is 0 Å². The van der Waals surface area contributed by atoms with E-state index in [1.54, 1.807) is 18.2 Å². The molecule has 0 radical (unpaired) electrons. The van der Waals surface area contributed by atoms with Crippen LogP contribution in [-0.2, 0) is 6.54 Å². The number of hydrogen-bond donors (Lipinski definition) is 3. The number of thiophene rings is 1. The number of amides is 1. The number of nitrogens with zero attached hydrogens (tertiary/aromatic N) is 2. The van der Waals surface area contributed by atoms with Crippen LogP contribution in [0.1, 0.15) is 20.8 Å². The van der Waals surface area contributed by atoms with Crippen LogP contribution in [0.15, 0.2) is 41.0 Å². The summed E-state index contributed by atoms with van der Waals surface area (Å²) in [5.41, 5.74) is 14.0. The van der Waals surface area contributed by atoms with E-state index in [2.05, 4.69) is 16.4 Å². The molecule has 1 aliphatic rings. The van der Waals surface area contributed by atoms with Gasteiger partial charge in [-0.2, -0.15) is 5.26 Å². The summed E-state index contributed by atoms with van der Waals surface area (Å²) in [7, 11) is 0. The number of carbonyl (C=O) groups excluding carboxylic acids is 1. The third-order valence-electron chi connectivity index (χ3n) is 4.88. The fourth-order valence-electron chi connectivity index (χ4n) is 3.43. The lowest BCUT2D eigenvalue weighted by Crippen LogP contribution is -2.22. The Hall–Kier alpha value is -4.23. The highest BCUT2D eigenvalue weighted by atomic mass is 32.1. The lowest BCUT2D eigenvalue weighted by atomic mass is 10.0. The van der Waals surface area contributed by atoms with Gasteiger partial charge in [-0.1, -0.05) is 6.07 Å². The maximum absolute atomic E-state index is 12.9. The van der Waals surface area contributed by atoms with E-state index in [1.807, 2.05) is 12.1 Å². The largest absolute Gasteiger partial charge is 0.464 e. The van der Waals surface area contributed by atoms with Crippen LogP contribution in [0.25, 0.3) is 21.5 Å². The molecule has 0 unspecified atom stereocenters. The van der Waals surface area contributed by atoms with Crippen molar-refractivity contribution in [3.8, 4) is 28.9 Å². The van der Waals surface area contributed by atoms with Crippen molar-refractivity contribution in [3.63, 3.8) is 0 Å². The number of nitrogens with two attached hydrogens (primary N) is 2. The molecule has 3 aromatic heterocycles. The van der Waals surface area contributed by atoms with Gasteiger partial charge in [-0.05, 0) is 29.8 Å². The zero-order chi connectivity index (χ0) is 21.5. The summed E-state index contributed by atoms with van der Waals surface area (Å²) in [4.78, 5) is 17.9. The van der Waals surface area contributed by atoms with E-state index in [0.29, 0.717) is 33.0 Å². The van der Waals surface area contributed by atoms with E-state index >= 15 is 0 Å². The first-order chi connectivity index (χ1) is 15.1. The highest BCUT2D eigenvalue weighted by molar-refractivity contribution is 7.21. The third kappa shape index (κ3) is 3.08. The van der Waals surface area contributed by atoms with Gasteiger partial charge < -0.3 is 30.7 Å². The van der Waals surface area contributed by atoms with Gasteiger partial charge in [0.15, 0.2) is 11.5 Å². The van der Waals surface area contributed by atoms with Crippen molar-refractivity contribution in [1.29, 1.82) is 5.26 Å². The number of fused-ring (bicyclic) bond motifs is 2. The van der Waals surface area contributed by atoms with Crippen LogP contribution >= 0.6 is 11.3 Å². The molecular weight excluding hydrogens is 418 g/mol. The minimum Gasteiger partial charge on any atom is -0.464 e. The van der Waals surface area contributed by atoms with Crippen molar-refractivity contribution in [2.75, 3.05) is 18.3 Å². The molecule has 0 bridgehead atoms. The average Bonchev–Trinajstić information content (AvgIpc) is 3.51. The summed E-state index contributed by atoms with van der Waals surface area (Å²) >= 11 is 1.11. The van der Waals surface area contributed by atoms with Gasteiger partial charge in [-0.3, -0.25) is 4.79 Å². The molecule has 0 saturated carbocycles. The molecule has 0 aliphatic carbocycles. The molecule has 31 heavy (non-hydrogen) atoms. The van der Waals surface area contributed by atoms with E-state index < -0.39 is 0 Å². The van der Waals surface area contributed by atoms with Gasteiger partial charge in [0.05, 0.1) is 17.5 Å². The molecule has 1 aliphatic heterocycles. The number of pyridine rings is 1. The van der Waals surface area contributed by atoms with Crippen LogP contribution in [0.2, 0.25) is 0 Å². The fourth-order valence-corrected chi connectivity index (χ4v) is 4.46. The molecule has 1 amide bonds. The minimum absolute atomic E-state index is 0.0509. The standard InChI is InChI=1S/C21H15N5O4S/c22-7-11-15(13-2-1-5-28-13)16-17(23)18(31-21(16)26-19(11)24)20(27)25-8-10-3-4-12-14(6-10)30-9-29-12/h1-6H,8-9,23H2,(H2,24,26)(H,25,27). The summed E-state index contributed by atoms with van der Waals surface area (Å²) in [5.74, 6) is 1.43. The summed E-state index contributed by atoms with van der Waals surface area (Å²) < 4.78 is 16.1. The number of aromatic nitrogens is 1. The van der Waals surface area contributed by atoms with E-state index in [0.717, 1.165) is 16.9 Å². The molecule has 0 fully saturated rings. The van der Waals surface area contributed by atoms with E-state index in [1.165, 1.54) is 6.26 Å². The van der Waals surface area contributed by atoms with Crippen molar-refractivity contribution in [3.05, 3.63) is 52.6 Å². The van der Waals surface area contributed by atoms with Gasteiger partial charge in [-0.15, -0.1) is 11.3 Å². The number of rotatable bonds is 4. The molecule has 4 heterocycles. The summed E-state index contributed by atoms with van der Waals surface area (Å²) in [5, 5.41) is 12.9. The fraction of sp³-hybridized carbons (Fsp3) is 0.0952. The van der Waals surface area contributed by atoms with Gasteiger partial charge in [0.25, 0.3) is 5.91 Å². The lowest BCUT2D eigenvalue weighted by molar-refractivity contribution is 0.0955. The Labute approximate surface area is 179 Å². The van der Waals surface area contributed by atoms with Crippen molar-refractivity contribution in [2.45, 2.75) is 6.54 Å². The molecule has 5 N–H and O–H groups in total. The first-order valence-electron chi connectivity index (χ1n) is 9.19. The van der Waals surface area contributed by atoms with E-state index in [4.69, 9.17) is 25.4 Å². The van der Waals surface area contributed by atoms with Crippen molar-refractivity contribution >= 4 is 39.0 Å². The van der Waals surface area contributed by atoms with E-state index in [-0.39, 0.29) is 41.2 Å². The Morgan fingerprint density at radius 2 is 2.10 bits per heavy atom. The second kappa shape index (κ2) is 7.23. The zero-order valence-corrected chi connectivity index (χ0v) is 16.8. The number of furan rings is 1. The Bertz CT molecular complexity index is 1370. The van der Waals surface area contributed by atoms with Crippen LogP contribution in [0.3, 0.4) is 0 Å². The van der Waals surface area contributed by atoms with Gasteiger partial charge in [-0.25, -0.2) is 4.98 Å². The lowest BCUT2D eigenvalue weighted by Gasteiger charge is -2.07. The van der Waals surface area contributed by atoms with Gasteiger partial charge >= 0.3 is 0 Å². The average molecular weight is 433 g/mol. The number of carbonyl (C=O) groups is 1. The number of ether oxygens (including phenoxy) is 2. The number of benzene rings is 1. The topological polar surface area (TPSA) is 149 Å². The van der Waals surface area contributed by atoms with Crippen LogP contribution in [0.4, 0.5) is 11.5 Å². The molecule has 0 atom stereocenters. The Balaban J connectivity index is 1.50. The number of nitrogens with one attached hydrogen (secondary N) is 1. The second-order valence-corrected chi connectivity index (χ2v) is 7.73. The Kier molecular flexibility index (Phi) is 4.38. The monoisotopic (exact) mass is 433 g/mol. The quantitative estimate of drug-likeness (QED) is 0.444. The smallest absolute Gasteiger partial charge is 0.263 e. The first kappa shape index (κ1) is 18.8. The maximum atomic E-state index is 12.9. The molecule has 0 spiro atoms. The predicted molar refractivity (Wildman–Crippen MR) is 115 cm³/mol. The molecule has 1 aromatic carbocycles. The normalized spacial score (nSPS) is 12.1. The second-order valence-electron chi connectivity index (χ2n) is 6.73.